The van der Waals surface area contributed by atoms with Crippen molar-refractivity contribution in [3.05, 3.63) is 0 Å². The van der Waals surface area contributed by atoms with Gasteiger partial charge in [0.25, 0.3) is 0 Å². The maximum absolute atomic E-state index is 10.7. The molecule has 0 aromatic rings. The molecule has 0 aliphatic rings. The zero-order valence-corrected chi connectivity index (χ0v) is 8.82. The first kappa shape index (κ1) is 13.9. The Morgan fingerprint density at radius 1 is 1.33 bits per heavy atom. The number of carboxylic acids is 1. The van der Waals surface area contributed by atoms with Crippen LogP contribution in [0.25, 0.3) is 0 Å². The Morgan fingerprint density at radius 2 is 2.00 bits per heavy atom. The minimum atomic E-state index is -1.06. The number of rotatable bonds is 8. The molecule has 6 nitrogen and oxygen atoms in total. The molecule has 0 fully saturated rings. The van der Waals surface area contributed by atoms with E-state index in [4.69, 9.17) is 10.2 Å². The molecule has 0 aromatic heterocycles. The van der Waals surface area contributed by atoms with Crippen LogP contribution in [0.5, 0.6) is 0 Å². The molecule has 1 amide bonds. The highest BCUT2D eigenvalue weighted by Crippen LogP contribution is 1.86. The van der Waals surface area contributed by atoms with Gasteiger partial charge in [0.1, 0.15) is 6.04 Å². The normalized spacial score (nSPS) is 12.1. The van der Waals surface area contributed by atoms with Gasteiger partial charge in [0.05, 0.1) is 0 Å². The van der Waals surface area contributed by atoms with Crippen molar-refractivity contribution in [3.63, 3.8) is 0 Å². The van der Waals surface area contributed by atoms with Crippen LogP contribution in [0.2, 0.25) is 0 Å². The van der Waals surface area contributed by atoms with Crippen LogP contribution in [0.1, 0.15) is 19.8 Å². The van der Waals surface area contributed by atoms with Gasteiger partial charge >= 0.3 is 5.97 Å². The lowest BCUT2D eigenvalue weighted by molar-refractivity contribution is -0.141. The van der Waals surface area contributed by atoms with E-state index in [2.05, 4.69) is 10.6 Å². The predicted octanol–water partition coefficient (Wildman–Crippen LogP) is -1.06. The van der Waals surface area contributed by atoms with Crippen molar-refractivity contribution in [2.24, 2.45) is 0 Å². The molecule has 1 atom stereocenters. The van der Waals surface area contributed by atoms with Crippen LogP contribution < -0.4 is 10.6 Å². The second-order valence-corrected chi connectivity index (χ2v) is 3.23. The molecule has 1 unspecified atom stereocenters. The molecule has 0 bridgehead atoms. The second-order valence-electron chi connectivity index (χ2n) is 3.23. The van der Waals surface area contributed by atoms with Gasteiger partial charge in [-0.1, -0.05) is 0 Å². The second kappa shape index (κ2) is 8.19. The van der Waals surface area contributed by atoms with Gasteiger partial charge in [-0.05, 0) is 19.4 Å². The smallest absolute Gasteiger partial charge is 0.327 e. The summed E-state index contributed by atoms with van der Waals surface area (Å²) in [6.07, 6.45) is 1.47. The number of unbranched alkanes of at least 4 members (excludes halogenated alkanes) is 1. The monoisotopic (exact) mass is 218 g/mol. The van der Waals surface area contributed by atoms with Crippen molar-refractivity contribution in [2.45, 2.75) is 25.8 Å². The van der Waals surface area contributed by atoms with Gasteiger partial charge in [-0.2, -0.15) is 0 Å². The quantitative estimate of drug-likeness (QED) is 0.389. The summed E-state index contributed by atoms with van der Waals surface area (Å²) in [6, 6.07) is -0.892. The van der Waals surface area contributed by atoms with E-state index in [0.717, 1.165) is 6.42 Å². The van der Waals surface area contributed by atoms with Crippen LogP contribution in [0.3, 0.4) is 0 Å². The van der Waals surface area contributed by atoms with Gasteiger partial charge in [-0.15, -0.1) is 0 Å². The SMILES string of the molecule is CC(=O)NC(CNCCCCO)C(=O)O. The van der Waals surface area contributed by atoms with Gasteiger partial charge in [0.15, 0.2) is 0 Å². The van der Waals surface area contributed by atoms with Crippen LogP contribution in [0.4, 0.5) is 0 Å². The summed E-state index contributed by atoms with van der Waals surface area (Å²) in [5.41, 5.74) is 0. The number of nitrogens with one attached hydrogen (secondary N) is 2. The fourth-order valence-electron chi connectivity index (χ4n) is 1.05. The number of aliphatic carboxylic acids is 1. The van der Waals surface area contributed by atoms with Crippen molar-refractivity contribution in [1.82, 2.24) is 10.6 Å². The number of carbonyl (C=O) groups is 2. The molecular weight excluding hydrogens is 200 g/mol. The molecule has 0 aliphatic carbocycles. The summed E-state index contributed by atoms with van der Waals surface area (Å²) in [7, 11) is 0. The van der Waals surface area contributed by atoms with Crippen molar-refractivity contribution >= 4 is 11.9 Å². The number of hydrogen-bond acceptors (Lipinski definition) is 4. The van der Waals surface area contributed by atoms with E-state index < -0.39 is 12.0 Å². The summed E-state index contributed by atoms with van der Waals surface area (Å²) < 4.78 is 0. The fraction of sp³-hybridized carbons (Fsp3) is 0.778. The van der Waals surface area contributed by atoms with Crippen LogP contribution in [-0.2, 0) is 9.59 Å². The Labute approximate surface area is 88.7 Å². The molecular formula is C9H18N2O4. The van der Waals surface area contributed by atoms with E-state index in [-0.39, 0.29) is 19.1 Å². The van der Waals surface area contributed by atoms with E-state index in [1.165, 1.54) is 6.92 Å². The van der Waals surface area contributed by atoms with E-state index in [1.807, 2.05) is 0 Å². The average molecular weight is 218 g/mol. The van der Waals surface area contributed by atoms with E-state index in [0.29, 0.717) is 13.0 Å². The maximum Gasteiger partial charge on any atom is 0.327 e. The molecule has 0 saturated heterocycles. The fourth-order valence-corrected chi connectivity index (χ4v) is 1.05. The number of aliphatic hydroxyl groups excluding tert-OH is 1. The number of aliphatic hydroxyl groups is 1. The molecule has 15 heavy (non-hydrogen) atoms. The third-order valence-electron chi connectivity index (χ3n) is 1.79. The standard InChI is InChI=1S/C9H18N2O4/c1-7(13)11-8(9(14)15)6-10-4-2-3-5-12/h8,10,12H,2-6H2,1H3,(H,11,13)(H,14,15). The summed E-state index contributed by atoms with van der Waals surface area (Å²) in [4.78, 5) is 21.3. The third-order valence-corrected chi connectivity index (χ3v) is 1.79. The Bertz CT molecular complexity index is 208. The zero-order chi connectivity index (χ0) is 11.7. The Hall–Kier alpha value is -1.14. The summed E-state index contributed by atoms with van der Waals surface area (Å²) in [6.45, 7) is 2.24. The number of carbonyl (C=O) groups excluding carboxylic acids is 1. The first-order chi connectivity index (χ1) is 7.07. The summed E-state index contributed by atoms with van der Waals surface area (Å²) in [5.74, 6) is -1.42. The van der Waals surface area contributed by atoms with E-state index in [1.54, 1.807) is 0 Å². The van der Waals surface area contributed by atoms with Crippen LogP contribution in [0, 0.1) is 0 Å². The number of carboxylic acid groups (broad SMARTS) is 1. The highest BCUT2D eigenvalue weighted by molar-refractivity contribution is 5.82. The summed E-state index contributed by atoms with van der Waals surface area (Å²) >= 11 is 0. The van der Waals surface area contributed by atoms with Gasteiger partial charge in [0.2, 0.25) is 5.91 Å². The molecule has 0 aromatic carbocycles. The van der Waals surface area contributed by atoms with Gasteiger partial charge in [-0.25, -0.2) is 4.79 Å². The topological polar surface area (TPSA) is 98.7 Å². The van der Waals surface area contributed by atoms with E-state index >= 15 is 0 Å². The molecule has 4 N–H and O–H groups in total. The molecule has 0 aliphatic heterocycles. The minimum absolute atomic E-state index is 0.135. The van der Waals surface area contributed by atoms with E-state index in [9.17, 15) is 9.59 Å². The lowest BCUT2D eigenvalue weighted by atomic mass is 10.2. The van der Waals surface area contributed by atoms with Crippen LogP contribution >= 0.6 is 0 Å². The summed E-state index contributed by atoms with van der Waals surface area (Å²) in [5, 5.41) is 22.5. The van der Waals surface area contributed by atoms with Crippen molar-refractivity contribution < 1.29 is 19.8 Å². The molecule has 0 heterocycles. The number of hydrogen-bond donors (Lipinski definition) is 4. The largest absolute Gasteiger partial charge is 0.480 e. The Morgan fingerprint density at radius 3 is 2.47 bits per heavy atom. The van der Waals surface area contributed by atoms with Crippen molar-refractivity contribution in [3.8, 4) is 0 Å². The Kier molecular flexibility index (Phi) is 7.57. The van der Waals surface area contributed by atoms with Crippen molar-refractivity contribution in [2.75, 3.05) is 19.7 Å². The maximum atomic E-state index is 10.7. The lowest BCUT2D eigenvalue weighted by Crippen LogP contribution is -2.46. The van der Waals surface area contributed by atoms with Crippen LogP contribution in [0.15, 0.2) is 0 Å². The van der Waals surface area contributed by atoms with Crippen LogP contribution in [-0.4, -0.2) is 47.8 Å². The molecule has 0 radical (unpaired) electrons. The zero-order valence-electron chi connectivity index (χ0n) is 8.82. The predicted molar refractivity (Wildman–Crippen MR) is 54.4 cm³/mol. The van der Waals surface area contributed by atoms with Gasteiger partial charge in [-0.3, -0.25) is 4.79 Å². The Balaban J connectivity index is 3.67. The third kappa shape index (κ3) is 7.90. The average Bonchev–Trinajstić information content (AvgIpc) is 2.15. The van der Waals surface area contributed by atoms with Gasteiger partial charge in [0, 0.05) is 20.1 Å². The highest BCUT2D eigenvalue weighted by Gasteiger charge is 2.16. The molecule has 6 heteroatoms. The molecule has 0 spiro atoms. The highest BCUT2D eigenvalue weighted by atomic mass is 16.4. The minimum Gasteiger partial charge on any atom is -0.480 e. The number of amides is 1. The lowest BCUT2D eigenvalue weighted by Gasteiger charge is -2.13. The first-order valence-electron chi connectivity index (χ1n) is 4.89. The van der Waals surface area contributed by atoms with Gasteiger partial charge < -0.3 is 20.8 Å². The molecule has 0 rings (SSSR count). The van der Waals surface area contributed by atoms with Crippen molar-refractivity contribution in [1.29, 1.82) is 0 Å². The first-order valence-corrected chi connectivity index (χ1v) is 4.89. The molecule has 0 saturated carbocycles. The molecule has 88 valence electrons.